The van der Waals surface area contributed by atoms with Crippen molar-refractivity contribution in [1.29, 1.82) is 0 Å². The highest BCUT2D eigenvalue weighted by molar-refractivity contribution is 8.93. The lowest BCUT2D eigenvalue weighted by molar-refractivity contribution is 0.949. The zero-order chi connectivity index (χ0) is 15.2. The smallest absolute Gasteiger partial charge is 0.195 e. The summed E-state index contributed by atoms with van der Waals surface area (Å²) in [5.41, 5.74) is 4.81. The first kappa shape index (κ1) is 15.7. The second-order valence-corrected chi connectivity index (χ2v) is 7.10. The van der Waals surface area contributed by atoms with Crippen LogP contribution in [-0.4, -0.2) is 22.5 Å². The Labute approximate surface area is 155 Å². The molecule has 4 aromatic rings. The third kappa shape index (κ3) is 2.52. The summed E-state index contributed by atoms with van der Waals surface area (Å²) in [4.78, 5) is 8.34. The molecule has 5 rings (SSSR count). The largest absolute Gasteiger partial charge is 0.372 e. The van der Waals surface area contributed by atoms with Gasteiger partial charge in [0.2, 0.25) is 0 Å². The molecule has 1 aliphatic rings. The number of nitrogens with zero attached hydrogens (tertiary/aromatic N) is 3. The minimum Gasteiger partial charge on any atom is -0.372 e. The minimum atomic E-state index is 0. The van der Waals surface area contributed by atoms with Gasteiger partial charge in [-0.3, -0.25) is 4.40 Å². The molecule has 1 fully saturated rings. The maximum Gasteiger partial charge on any atom is 0.195 e. The average Bonchev–Trinajstić information content (AvgIpc) is 3.31. The van der Waals surface area contributed by atoms with Crippen molar-refractivity contribution in [2.75, 3.05) is 18.0 Å². The van der Waals surface area contributed by atoms with Crippen LogP contribution in [0, 0.1) is 0 Å². The summed E-state index contributed by atoms with van der Waals surface area (Å²) in [7, 11) is 0. The monoisotopic (exact) mass is 399 g/mol. The number of para-hydroxylation sites is 1. The first-order chi connectivity index (χ1) is 11.4. The molecule has 0 N–H and O–H groups in total. The molecule has 0 atom stereocenters. The summed E-state index contributed by atoms with van der Waals surface area (Å²) < 4.78 is 3.48. The van der Waals surface area contributed by atoms with Gasteiger partial charge in [0.15, 0.2) is 4.96 Å². The number of anilines is 1. The van der Waals surface area contributed by atoms with E-state index in [-0.39, 0.29) is 17.0 Å². The fraction of sp³-hybridized carbons (Fsp3) is 0.211. The standard InChI is InChI=1S/C19H17N3S.BrH/c1-2-6-18-17(5-1)22-13-16(20-19(22)23-18)14-7-9-15(10-8-14)21-11-3-4-12-21;/h1-2,5-10,13H,3-4,11-12H2;1H. The Hall–Kier alpha value is -1.85. The molecule has 0 saturated carbocycles. The van der Waals surface area contributed by atoms with E-state index in [1.54, 1.807) is 11.3 Å². The zero-order valence-corrected chi connectivity index (χ0v) is 15.7. The molecule has 5 heteroatoms. The van der Waals surface area contributed by atoms with E-state index in [1.165, 1.54) is 47.4 Å². The molecular formula is C19H18BrN3S. The second-order valence-electron chi connectivity index (χ2n) is 6.09. The highest BCUT2D eigenvalue weighted by Gasteiger charge is 2.13. The molecule has 2 aromatic carbocycles. The zero-order valence-electron chi connectivity index (χ0n) is 13.2. The summed E-state index contributed by atoms with van der Waals surface area (Å²) in [5, 5.41) is 0. The average molecular weight is 400 g/mol. The van der Waals surface area contributed by atoms with Gasteiger partial charge in [-0.15, -0.1) is 17.0 Å². The van der Waals surface area contributed by atoms with E-state index in [4.69, 9.17) is 4.98 Å². The van der Waals surface area contributed by atoms with E-state index >= 15 is 0 Å². The molecule has 1 aliphatic heterocycles. The van der Waals surface area contributed by atoms with E-state index in [0.717, 1.165) is 10.7 Å². The maximum absolute atomic E-state index is 4.82. The fourth-order valence-corrected chi connectivity index (χ4v) is 4.41. The number of imidazole rings is 1. The lowest BCUT2D eigenvalue weighted by Gasteiger charge is -2.17. The van der Waals surface area contributed by atoms with E-state index in [2.05, 4.69) is 64.0 Å². The van der Waals surface area contributed by atoms with Crippen LogP contribution in [0.15, 0.2) is 54.7 Å². The van der Waals surface area contributed by atoms with Crippen molar-refractivity contribution in [2.45, 2.75) is 12.8 Å². The number of aromatic nitrogens is 2. The summed E-state index contributed by atoms with van der Waals surface area (Å²) in [6.07, 6.45) is 4.78. The van der Waals surface area contributed by atoms with Crippen LogP contribution in [0.4, 0.5) is 5.69 Å². The molecule has 122 valence electrons. The molecule has 3 heterocycles. The number of hydrogen-bond acceptors (Lipinski definition) is 3. The van der Waals surface area contributed by atoms with Crippen molar-refractivity contribution in [1.82, 2.24) is 9.38 Å². The van der Waals surface area contributed by atoms with Crippen LogP contribution < -0.4 is 4.90 Å². The van der Waals surface area contributed by atoms with Crippen LogP contribution in [0.3, 0.4) is 0 Å². The van der Waals surface area contributed by atoms with Crippen LogP contribution in [-0.2, 0) is 0 Å². The van der Waals surface area contributed by atoms with Crippen LogP contribution in [0.25, 0.3) is 26.4 Å². The Morgan fingerprint density at radius 2 is 1.67 bits per heavy atom. The molecule has 24 heavy (non-hydrogen) atoms. The Balaban J connectivity index is 0.00000146. The topological polar surface area (TPSA) is 20.5 Å². The third-order valence-corrected chi connectivity index (χ3v) is 5.67. The molecule has 3 nitrogen and oxygen atoms in total. The Morgan fingerprint density at radius 1 is 0.917 bits per heavy atom. The van der Waals surface area contributed by atoms with Gasteiger partial charge in [0.1, 0.15) is 0 Å². The Kier molecular flexibility index (Phi) is 4.06. The van der Waals surface area contributed by atoms with Gasteiger partial charge in [-0.1, -0.05) is 35.6 Å². The first-order valence-electron chi connectivity index (χ1n) is 8.10. The molecule has 0 unspecified atom stereocenters. The third-order valence-electron chi connectivity index (χ3n) is 4.63. The van der Waals surface area contributed by atoms with Crippen molar-refractivity contribution in [3.63, 3.8) is 0 Å². The SMILES string of the molecule is Br.c1ccc2c(c1)sc1nc(-c3ccc(N4CCCC4)cc3)cn12. The Bertz CT molecular complexity index is 981. The molecule has 0 spiro atoms. The second kappa shape index (κ2) is 6.22. The van der Waals surface area contributed by atoms with Gasteiger partial charge in [-0.05, 0) is 37.1 Å². The Morgan fingerprint density at radius 3 is 2.46 bits per heavy atom. The van der Waals surface area contributed by atoms with Crippen molar-refractivity contribution < 1.29 is 0 Å². The molecule has 0 radical (unpaired) electrons. The first-order valence-corrected chi connectivity index (χ1v) is 8.92. The van der Waals surface area contributed by atoms with Gasteiger partial charge < -0.3 is 4.90 Å². The molecular weight excluding hydrogens is 382 g/mol. The number of halogens is 1. The quantitative estimate of drug-likeness (QED) is 0.450. The van der Waals surface area contributed by atoms with Gasteiger partial charge in [0.25, 0.3) is 0 Å². The van der Waals surface area contributed by atoms with E-state index in [0.29, 0.717) is 0 Å². The number of hydrogen-bond donors (Lipinski definition) is 0. The number of fused-ring (bicyclic) bond motifs is 3. The van der Waals surface area contributed by atoms with Gasteiger partial charge in [-0.25, -0.2) is 4.98 Å². The lowest BCUT2D eigenvalue weighted by Crippen LogP contribution is -2.17. The van der Waals surface area contributed by atoms with E-state index in [9.17, 15) is 0 Å². The summed E-state index contributed by atoms with van der Waals surface area (Å²) in [5.74, 6) is 0. The van der Waals surface area contributed by atoms with Crippen LogP contribution in [0.1, 0.15) is 12.8 Å². The minimum absolute atomic E-state index is 0. The fourth-order valence-electron chi connectivity index (χ4n) is 3.41. The lowest BCUT2D eigenvalue weighted by atomic mass is 10.1. The molecule has 0 bridgehead atoms. The van der Waals surface area contributed by atoms with Gasteiger partial charge >= 0.3 is 0 Å². The van der Waals surface area contributed by atoms with Gasteiger partial charge in [-0.2, -0.15) is 0 Å². The van der Waals surface area contributed by atoms with Gasteiger partial charge in [0.05, 0.1) is 15.9 Å². The van der Waals surface area contributed by atoms with E-state index in [1.807, 2.05) is 0 Å². The molecule has 1 saturated heterocycles. The maximum atomic E-state index is 4.82. The number of rotatable bonds is 2. The molecule has 0 amide bonds. The number of benzene rings is 2. The van der Waals surface area contributed by atoms with Crippen molar-refractivity contribution >= 4 is 49.2 Å². The van der Waals surface area contributed by atoms with Crippen LogP contribution >= 0.6 is 28.3 Å². The van der Waals surface area contributed by atoms with Crippen molar-refractivity contribution in [3.05, 3.63) is 54.7 Å². The summed E-state index contributed by atoms with van der Waals surface area (Å²) in [6.45, 7) is 2.37. The van der Waals surface area contributed by atoms with E-state index < -0.39 is 0 Å². The molecule has 0 aliphatic carbocycles. The van der Waals surface area contributed by atoms with Crippen LogP contribution in [0.2, 0.25) is 0 Å². The number of thiazole rings is 1. The van der Waals surface area contributed by atoms with Gasteiger partial charge in [0, 0.05) is 30.5 Å². The van der Waals surface area contributed by atoms with Crippen LogP contribution in [0.5, 0.6) is 0 Å². The van der Waals surface area contributed by atoms with Crippen molar-refractivity contribution in [3.8, 4) is 11.3 Å². The summed E-state index contributed by atoms with van der Waals surface area (Å²) >= 11 is 1.74. The highest BCUT2D eigenvalue weighted by Crippen LogP contribution is 2.30. The predicted octanol–water partition coefficient (Wildman–Crippen LogP) is 5.39. The predicted molar refractivity (Wildman–Crippen MR) is 108 cm³/mol. The summed E-state index contributed by atoms with van der Waals surface area (Å²) in [6, 6.07) is 17.3. The van der Waals surface area contributed by atoms with Crippen molar-refractivity contribution in [2.24, 2.45) is 0 Å². The highest BCUT2D eigenvalue weighted by atomic mass is 79.9. The molecule has 2 aromatic heterocycles. The normalized spacial score (nSPS) is 14.4.